The molecule has 0 rings (SSSR count). The van der Waals surface area contributed by atoms with Crippen LogP contribution in [0.25, 0.3) is 0 Å². The van der Waals surface area contributed by atoms with E-state index >= 15 is 0 Å². The summed E-state index contributed by atoms with van der Waals surface area (Å²) in [5, 5.41) is 9.71. The van der Waals surface area contributed by atoms with Crippen molar-refractivity contribution >= 4 is 17.9 Å². The summed E-state index contributed by atoms with van der Waals surface area (Å²) in [6.07, 6.45) is 78.4. The van der Waals surface area contributed by atoms with Gasteiger partial charge in [0.2, 0.25) is 0 Å². The predicted molar refractivity (Wildman–Crippen MR) is 336 cm³/mol. The molecule has 0 aromatic carbocycles. The standard InChI is InChI=1S/C70H123NO8/c1-6-8-10-12-14-16-18-20-22-23-24-25-26-27-28-29-30-31-32-33-34-35-36-37-38-39-40-41-42-43-44-45-47-49-51-53-55-57-59-61-68(73)79-66(65-78-70(69(74)75)76-63-62-71(3,4)5)64-77-67(72)60-58-56-54-52-50-48-46-21-19-17-15-13-11-9-7-2/h8,10,14-17,20-22,24-25,27-28,46,66,70H,6-7,9,11-13,18-19,23,26,29-45,47-65H2,1-5H3/p+1/b10-8-,16-14-,17-15-,22-20-,25-24-,28-27-,46-21-. The Morgan fingerprint density at radius 3 is 1.08 bits per heavy atom. The number of allylic oxidation sites excluding steroid dienone is 14. The van der Waals surface area contributed by atoms with Gasteiger partial charge in [-0.3, -0.25) is 9.59 Å². The number of rotatable bonds is 60. The Balaban J connectivity index is 3.99. The molecule has 456 valence electrons. The van der Waals surface area contributed by atoms with E-state index in [-0.39, 0.29) is 38.6 Å². The number of carbonyl (C=O) groups excluding carboxylic acids is 2. The molecule has 2 unspecified atom stereocenters. The van der Waals surface area contributed by atoms with Crippen molar-refractivity contribution in [1.29, 1.82) is 0 Å². The van der Waals surface area contributed by atoms with Gasteiger partial charge in [0.25, 0.3) is 6.29 Å². The lowest BCUT2D eigenvalue weighted by atomic mass is 10.0. The molecule has 0 aromatic heterocycles. The molecule has 0 aromatic rings. The molecule has 0 amide bonds. The molecule has 0 spiro atoms. The Hall–Kier alpha value is -3.53. The molecule has 0 aliphatic carbocycles. The molecule has 0 aliphatic rings. The Kier molecular flexibility index (Phi) is 57.9. The molecule has 1 N–H and O–H groups in total. The number of aliphatic carboxylic acids is 1. The highest BCUT2D eigenvalue weighted by atomic mass is 16.7. The molecule has 0 saturated heterocycles. The van der Waals surface area contributed by atoms with Gasteiger partial charge < -0.3 is 28.5 Å². The zero-order chi connectivity index (χ0) is 57.6. The lowest BCUT2D eigenvalue weighted by molar-refractivity contribution is -0.870. The second kappa shape index (κ2) is 60.6. The molecule has 79 heavy (non-hydrogen) atoms. The first-order chi connectivity index (χ1) is 38.6. The van der Waals surface area contributed by atoms with Crippen molar-refractivity contribution in [2.75, 3.05) is 47.5 Å². The van der Waals surface area contributed by atoms with E-state index in [2.05, 4.69) is 98.9 Å². The van der Waals surface area contributed by atoms with Crippen LogP contribution in [0.1, 0.15) is 284 Å². The number of hydrogen-bond acceptors (Lipinski definition) is 7. The third-order valence-corrected chi connectivity index (χ3v) is 14.1. The molecule has 0 aliphatic heterocycles. The van der Waals surface area contributed by atoms with Crippen LogP contribution in [0.3, 0.4) is 0 Å². The van der Waals surface area contributed by atoms with Gasteiger partial charge in [-0.25, -0.2) is 4.79 Å². The molecule has 9 nitrogen and oxygen atoms in total. The lowest BCUT2D eigenvalue weighted by Gasteiger charge is -2.25. The number of unbranched alkanes of at least 4 members (excludes halogenated alkanes) is 31. The number of nitrogens with zero attached hydrogens (tertiary/aromatic N) is 1. The summed E-state index contributed by atoms with van der Waals surface area (Å²) in [5.74, 6) is -2.01. The number of quaternary nitrogens is 1. The Bertz CT molecular complexity index is 1570. The van der Waals surface area contributed by atoms with Gasteiger partial charge in [0.05, 0.1) is 34.4 Å². The number of ether oxygens (including phenoxy) is 4. The fourth-order valence-corrected chi connectivity index (χ4v) is 9.13. The van der Waals surface area contributed by atoms with Crippen LogP contribution in [0.4, 0.5) is 0 Å². The van der Waals surface area contributed by atoms with Gasteiger partial charge in [0.15, 0.2) is 6.10 Å². The molecule has 0 bridgehead atoms. The summed E-state index contributed by atoms with van der Waals surface area (Å²) >= 11 is 0. The maximum absolute atomic E-state index is 12.9. The average molecular weight is 1110 g/mol. The SMILES string of the molecule is CC/C=C\C/C=C\C/C=C\C/C=C\C/C=C\CCCCCCCCCCCCCCCCCCCCCCCCCC(=O)OC(COC(=O)CCCCCCC/C=C\C/C=C\CCCCC)COC(OCC[N+](C)(C)C)C(=O)O. The van der Waals surface area contributed by atoms with Crippen molar-refractivity contribution < 1.29 is 42.9 Å². The van der Waals surface area contributed by atoms with E-state index in [1.807, 2.05) is 21.1 Å². The zero-order valence-corrected chi connectivity index (χ0v) is 52.0. The molecule has 9 heteroatoms. The highest BCUT2D eigenvalue weighted by Crippen LogP contribution is 2.17. The van der Waals surface area contributed by atoms with Crippen molar-refractivity contribution in [3.8, 4) is 0 Å². The van der Waals surface area contributed by atoms with E-state index in [0.717, 1.165) is 96.3 Å². The zero-order valence-electron chi connectivity index (χ0n) is 52.0. The first kappa shape index (κ1) is 75.5. The van der Waals surface area contributed by atoms with Crippen LogP contribution in [-0.4, -0.2) is 87.4 Å². The monoisotopic (exact) mass is 1110 g/mol. The second-order valence-electron chi connectivity index (χ2n) is 23.0. The van der Waals surface area contributed by atoms with Crippen molar-refractivity contribution in [2.45, 2.75) is 296 Å². The minimum Gasteiger partial charge on any atom is -0.477 e. The predicted octanol–water partition coefficient (Wildman–Crippen LogP) is 19.9. The third kappa shape index (κ3) is 61.9. The van der Waals surface area contributed by atoms with Gasteiger partial charge in [-0.2, -0.15) is 0 Å². The minimum absolute atomic E-state index is 0.185. The summed E-state index contributed by atoms with van der Waals surface area (Å²) in [6.45, 7) is 4.74. The summed E-state index contributed by atoms with van der Waals surface area (Å²) in [7, 11) is 5.97. The summed E-state index contributed by atoms with van der Waals surface area (Å²) in [5.41, 5.74) is 0. The molecule has 0 saturated carbocycles. The van der Waals surface area contributed by atoms with Gasteiger partial charge >= 0.3 is 17.9 Å². The van der Waals surface area contributed by atoms with Gasteiger partial charge in [0, 0.05) is 12.8 Å². The molecule has 2 atom stereocenters. The minimum atomic E-state index is -1.51. The van der Waals surface area contributed by atoms with Gasteiger partial charge in [0.1, 0.15) is 13.2 Å². The van der Waals surface area contributed by atoms with Crippen LogP contribution in [0, 0.1) is 0 Å². The number of likely N-dealkylation sites (N-methyl/N-ethyl adjacent to an activating group) is 1. The summed E-state index contributed by atoms with van der Waals surface area (Å²) < 4.78 is 22.9. The normalized spacial score (nSPS) is 13.3. The first-order valence-electron chi connectivity index (χ1n) is 32.8. The Morgan fingerprint density at radius 1 is 0.392 bits per heavy atom. The molecule has 0 fully saturated rings. The van der Waals surface area contributed by atoms with Crippen molar-refractivity contribution in [2.24, 2.45) is 0 Å². The Labute approximate surface area is 487 Å². The summed E-state index contributed by atoms with van der Waals surface area (Å²) in [6, 6.07) is 0. The second-order valence-corrected chi connectivity index (χ2v) is 23.0. The smallest absolute Gasteiger partial charge is 0.361 e. The van der Waals surface area contributed by atoms with Gasteiger partial charge in [-0.1, -0.05) is 266 Å². The molecular formula is C70H124NO8+. The van der Waals surface area contributed by atoms with Crippen molar-refractivity contribution in [3.63, 3.8) is 0 Å². The van der Waals surface area contributed by atoms with E-state index in [1.165, 1.54) is 161 Å². The van der Waals surface area contributed by atoms with Crippen LogP contribution in [0.5, 0.6) is 0 Å². The largest absolute Gasteiger partial charge is 0.477 e. The number of carbonyl (C=O) groups is 3. The fraction of sp³-hybridized carbons (Fsp3) is 0.757. The van der Waals surface area contributed by atoms with Crippen molar-refractivity contribution in [1.82, 2.24) is 0 Å². The van der Waals surface area contributed by atoms with Crippen LogP contribution in [-0.2, 0) is 33.3 Å². The molecule has 0 radical (unpaired) electrons. The molecular weight excluding hydrogens is 983 g/mol. The van der Waals surface area contributed by atoms with Crippen LogP contribution in [0.2, 0.25) is 0 Å². The van der Waals surface area contributed by atoms with E-state index in [1.54, 1.807) is 0 Å². The van der Waals surface area contributed by atoms with Crippen LogP contribution in [0.15, 0.2) is 85.1 Å². The highest BCUT2D eigenvalue weighted by Gasteiger charge is 2.25. The number of esters is 2. The maximum atomic E-state index is 12.9. The van der Waals surface area contributed by atoms with Crippen LogP contribution >= 0.6 is 0 Å². The summed E-state index contributed by atoms with van der Waals surface area (Å²) in [4.78, 5) is 37.4. The fourth-order valence-electron chi connectivity index (χ4n) is 9.13. The number of carboxylic acids is 1. The number of hydrogen-bond donors (Lipinski definition) is 1. The quantitative estimate of drug-likeness (QED) is 0.0211. The van der Waals surface area contributed by atoms with Crippen LogP contribution < -0.4 is 0 Å². The topological polar surface area (TPSA) is 108 Å². The van der Waals surface area contributed by atoms with Gasteiger partial charge in [-0.15, -0.1) is 0 Å². The Morgan fingerprint density at radius 2 is 0.722 bits per heavy atom. The maximum Gasteiger partial charge on any atom is 0.361 e. The third-order valence-electron chi connectivity index (χ3n) is 14.1. The van der Waals surface area contributed by atoms with Gasteiger partial charge in [-0.05, 0) is 89.9 Å². The van der Waals surface area contributed by atoms with E-state index in [0.29, 0.717) is 11.0 Å². The van der Waals surface area contributed by atoms with Crippen molar-refractivity contribution in [3.05, 3.63) is 85.1 Å². The van der Waals surface area contributed by atoms with E-state index in [9.17, 15) is 19.5 Å². The highest BCUT2D eigenvalue weighted by molar-refractivity contribution is 5.71. The lowest BCUT2D eigenvalue weighted by Crippen LogP contribution is -2.40. The number of carboxylic acid groups (broad SMARTS) is 1. The first-order valence-corrected chi connectivity index (χ1v) is 32.8. The average Bonchev–Trinajstić information content (AvgIpc) is 3.42. The van der Waals surface area contributed by atoms with E-state index < -0.39 is 24.3 Å². The van der Waals surface area contributed by atoms with E-state index in [4.69, 9.17) is 18.9 Å². The molecule has 0 heterocycles.